The van der Waals surface area contributed by atoms with E-state index in [1.807, 2.05) is 14.0 Å². The molecule has 0 saturated carbocycles. The van der Waals surface area contributed by atoms with Crippen molar-refractivity contribution in [2.24, 2.45) is 10.8 Å². The lowest BCUT2D eigenvalue weighted by atomic mass is 9.89. The van der Waals surface area contributed by atoms with Crippen molar-refractivity contribution in [1.29, 1.82) is 0 Å². The summed E-state index contributed by atoms with van der Waals surface area (Å²) in [4.78, 5) is 0. The van der Waals surface area contributed by atoms with Gasteiger partial charge in [-0.05, 0) is 13.5 Å². The van der Waals surface area contributed by atoms with E-state index >= 15 is 0 Å². The Morgan fingerprint density at radius 2 is 1.62 bits per heavy atom. The quantitative estimate of drug-likeness (QED) is 0.422. The molecule has 0 bridgehead atoms. The molecule has 0 radical (unpaired) electrons. The third-order valence-electron chi connectivity index (χ3n) is 3.65. The molecule has 0 amide bonds. The molecule has 128 valence electrons. The monoisotopic (exact) mass is 304 g/mol. The molecule has 0 rings (SSSR count). The summed E-state index contributed by atoms with van der Waals surface area (Å²) in [5.41, 5.74) is -0.136. The van der Waals surface area contributed by atoms with Gasteiger partial charge in [-0.3, -0.25) is 0 Å². The van der Waals surface area contributed by atoms with Gasteiger partial charge in [-0.15, -0.1) is 0 Å². The highest BCUT2D eigenvalue weighted by molar-refractivity contribution is 4.72. The summed E-state index contributed by atoms with van der Waals surface area (Å²) in [6, 6.07) is 0. The van der Waals surface area contributed by atoms with E-state index < -0.39 is 0 Å². The molecular weight excluding hydrogens is 268 g/mol. The molecule has 5 heteroatoms. The lowest BCUT2D eigenvalue weighted by Crippen LogP contribution is -2.33. The second-order valence-electron chi connectivity index (χ2n) is 6.89. The van der Waals surface area contributed by atoms with E-state index in [9.17, 15) is 5.11 Å². The minimum Gasteiger partial charge on any atom is -0.396 e. The molecule has 0 saturated heterocycles. The van der Waals surface area contributed by atoms with Crippen LogP contribution < -0.4 is 10.6 Å². The average molecular weight is 304 g/mol. The van der Waals surface area contributed by atoms with Crippen LogP contribution in [0.4, 0.5) is 0 Å². The van der Waals surface area contributed by atoms with Crippen molar-refractivity contribution >= 4 is 0 Å². The van der Waals surface area contributed by atoms with Gasteiger partial charge in [0.05, 0.1) is 33.0 Å². The first-order chi connectivity index (χ1) is 9.89. The predicted molar refractivity (Wildman–Crippen MR) is 87.7 cm³/mol. The van der Waals surface area contributed by atoms with E-state index in [4.69, 9.17) is 9.47 Å². The Balaban J connectivity index is 3.69. The van der Waals surface area contributed by atoms with Gasteiger partial charge in [0.2, 0.25) is 0 Å². The summed E-state index contributed by atoms with van der Waals surface area (Å²) >= 11 is 0. The van der Waals surface area contributed by atoms with Crippen LogP contribution in [-0.4, -0.2) is 64.8 Å². The maximum Gasteiger partial charge on any atom is 0.0591 e. The summed E-state index contributed by atoms with van der Waals surface area (Å²) < 4.78 is 11.5. The fraction of sp³-hybridized carbons (Fsp3) is 1.00. The number of aliphatic hydroxyl groups is 1. The first kappa shape index (κ1) is 20.8. The second-order valence-corrected chi connectivity index (χ2v) is 6.89. The fourth-order valence-electron chi connectivity index (χ4n) is 1.71. The fourth-order valence-corrected chi connectivity index (χ4v) is 1.71. The minimum atomic E-state index is -0.131. The van der Waals surface area contributed by atoms with Crippen LogP contribution in [0.5, 0.6) is 0 Å². The molecule has 0 aliphatic heterocycles. The van der Waals surface area contributed by atoms with Gasteiger partial charge in [0.15, 0.2) is 0 Å². The zero-order valence-electron chi connectivity index (χ0n) is 14.6. The molecule has 0 fully saturated rings. The number of nitrogens with one attached hydrogen (secondary N) is 2. The SMILES string of the molecule is CCC(C)(CO)COCC(C)(C)COCCNCCNC. The van der Waals surface area contributed by atoms with Gasteiger partial charge in [0.25, 0.3) is 0 Å². The standard InChI is InChI=1S/C16H36N2O3/c1-6-16(4,11-19)14-21-13-15(2,3)12-20-10-9-18-8-7-17-5/h17-19H,6-14H2,1-5H3. The zero-order chi connectivity index (χ0) is 16.2. The number of aliphatic hydroxyl groups excluding tert-OH is 1. The first-order valence-electron chi connectivity index (χ1n) is 8.01. The van der Waals surface area contributed by atoms with Crippen LogP contribution in [0.25, 0.3) is 0 Å². The number of likely N-dealkylation sites (N-methyl/N-ethyl adjacent to an activating group) is 1. The maximum atomic E-state index is 9.36. The molecule has 0 spiro atoms. The molecule has 0 aromatic carbocycles. The van der Waals surface area contributed by atoms with Crippen LogP contribution in [-0.2, 0) is 9.47 Å². The van der Waals surface area contributed by atoms with Crippen molar-refractivity contribution in [2.45, 2.75) is 34.1 Å². The number of hydrogen-bond donors (Lipinski definition) is 3. The summed E-state index contributed by atoms with van der Waals surface area (Å²) in [7, 11) is 1.95. The highest BCUT2D eigenvalue weighted by atomic mass is 16.5. The molecule has 0 aromatic rings. The van der Waals surface area contributed by atoms with Crippen LogP contribution in [0, 0.1) is 10.8 Å². The van der Waals surface area contributed by atoms with Gasteiger partial charge in [-0.2, -0.15) is 0 Å². The van der Waals surface area contributed by atoms with Gasteiger partial charge < -0.3 is 25.2 Å². The van der Waals surface area contributed by atoms with Crippen LogP contribution >= 0.6 is 0 Å². The largest absolute Gasteiger partial charge is 0.396 e. The van der Waals surface area contributed by atoms with Crippen molar-refractivity contribution in [3.8, 4) is 0 Å². The van der Waals surface area contributed by atoms with E-state index in [1.165, 1.54) is 0 Å². The highest BCUT2D eigenvalue weighted by Gasteiger charge is 2.24. The third-order valence-corrected chi connectivity index (χ3v) is 3.65. The van der Waals surface area contributed by atoms with E-state index in [2.05, 4.69) is 31.4 Å². The smallest absolute Gasteiger partial charge is 0.0591 e. The lowest BCUT2D eigenvalue weighted by Gasteiger charge is -2.29. The summed E-state index contributed by atoms with van der Waals surface area (Å²) in [5.74, 6) is 0. The number of ether oxygens (including phenoxy) is 2. The topological polar surface area (TPSA) is 62.8 Å². The molecule has 0 aliphatic carbocycles. The predicted octanol–water partition coefficient (Wildman–Crippen LogP) is 1.26. The molecule has 1 unspecified atom stereocenters. The summed E-state index contributed by atoms with van der Waals surface area (Å²) in [6.45, 7) is 14.0. The molecule has 1 atom stereocenters. The maximum absolute atomic E-state index is 9.36. The van der Waals surface area contributed by atoms with Crippen molar-refractivity contribution in [2.75, 3.05) is 59.7 Å². The molecule has 0 aliphatic rings. The Bertz CT molecular complexity index is 244. The molecular formula is C16H36N2O3. The Labute approximate surface area is 130 Å². The van der Waals surface area contributed by atoms with Gasteiger partial charge in [-0.25, -0.2) is 0 Å². The second kappa shape index (κ2) is 11.4. The van der Waals surface area contributed by atoms with Gasteiger partial charge in [0, 0.05) is 30.5 Å². The Morgan fingerprint density at radius 1 is 0.952 bits per heavy atom. The minimum absolute atomic E-state index is 0.00488. The Morgan fingerprint density at radius 3 is 2.19 bits per heavy atom. The third kappa shape index (κ3) is 11.1. The number of hydrogen-bond acceptors (Lipinski definition) is 5. The van der Waals surface area contributed by atoms with Gasteiger partial charge >= 0.3 is 0 Å². The zero-order valence-corrected chi connectivity index (χ0v) is 14.6. The molecule has 0 aromatic heterocycles. The van der Waals surface area contributed by atoms with Crippen LogP contribution in [0.15, 0.2) is 0 Å². The molecule has 5 nitrogen and oxygen atoms in total. The van der Waals surface area contributed by atoms with Crippen molar-refractivity contribution in [1.82, 2.24) is 10.6 Å². The van der Waals surface area contributed by atoms with E-state index in [-0.39, 0.29) is 17.4 Å². The highest BCUT2D eigenvalue weighted by Crippen LogP contribution is 2.22. The van der Waals surface area contributed by atoms with E-state index in [0.29, 0.717) is 19.8 Å². The molecule has 21 heavy (non-hydrogen) atoms. The van der Waals surface area contributed by atoms with Crippen molar-refractivity contribution in [3.05, 3.63) is 0 Å². The summed E-state index contributed by atoms with van der Waals surface area (Å²) in [6.07, 6.45) is 0.915. The molecule has 3 N–H and O–H groups in total. The van der Waals surface area contributed by atoms with E-state index in [1.54, 1.807) is 0 Å². The van der Waals surface area contributed by atoms with Crippen LogP contribution in [0.1, 0.15) is 34.1 Å². The van der Waals surface area contributed by atoms with Crippen molar-refractivity contribution < 1.29 is 14.6 Å². The lowest BCUT2D eigenvalue weighted by molar-refractivity contribution is -0.0406. The average Bonchev–Trinajstić information content (AvgIpc) is 2.46. The Kier molecular flexibility index (Phi) is 11.3. The normalized spacial score (nSPS) is 15.1. The molecule has 0 heterocycles. The number of rotatable bonds is 14. The summed E-state index contributed by atoms with van der Waals surface area (Å²) in [5, 5.41) is 15.8. The van der Waals surface area contributed by atoms with Crippen LogP contribution in [0.2, 0.25) is 0 Å². The van der Waals surface area contributed by atoms with Crippen molar-refractivity contribution in [3.63, 3.8) is 0 Å². The van der Waals surface area contributed by atoms with Gasteiger partial charge in [0.1, 0.15) is 0 Å². The van der Waals surface area contributed by atoms with Gasteiger partial charge in [-0.1, -0.05) is 27.7 Å². The van der Waals surface area contributed by atoms with Crippen LogP contribution in [0.3, 0.4) is 0 Å². The first-order valence-corrected chi connectivity index (χ1v) is 8.01. The Hall–Kier alpha value is -0.200. The van der Waals surface area contributed by atoms with E-state index in [0.717, 1.165) is 32.7 Å².